The molecule has 0 aliphatic carbocycles. The van der Waals surface area contributed by atoms with Gasteiger partial charge in [-0.05, 0) is 54.2 Å². The first-order chi connectivity index (χ1) is 22.2. The SMILES string of the molecule is CCCCCCCCCCCCCCCCCCCCCCc1ccc(C(=S)C=Cc2ccc(OCCCCCC)cc2)cc1. The zero-order chi connectivity index (χ0) is 32.0. The van der Waals surface area contributed by atoms with E-state index in [0.717, 1.165) is 34.8 Å². The molecule has 0 fully saturated rings. The molecule has 2 aromatic rings. The summed E-state index contributed by atoms with van der Waals surface area (Å²) in [5.74, 6) is 0.946. The summed E-state index contributed by atoms with van der Waals surface area (Å²) in [7, 11) is 0. The van der Waals surface area contributed by atoms with Crippen LogP contribution in [0.2, 0.25) is 0 Å². The minimum atomic E-state index is 0.800. The van der Waals surface area contributed by atoms with Crippen LogP contribution in [0.4, 0.5) is 0 Å². The third-order valence-corrected chi connectivity index (χ3v) is 9.50. The molecule has 0 spiro atoms. The van der Waals surface area contributed by atoms with Crippen LogP contribution in [0.15, 0.2) is 54.6 Å². The highest BCUT2D eigenvalue weighted by molar-refractivity contribution is 7.81. The van der Waals surface area contributed by atoms with Crippen molar-refractivity contribution in [3.63, 3.8) is 0 Å². The molecule has 1 nitrogen and oxygen atoms in total. The molecule has 252 valence electrons. The van der Waals surface area contributed by atoms with Crippen LogP contribution < -0.4 is 4.74 Å². The number of unbranched alkanes of at least 4 members (excludes halogenated alkanes) is 22. The lowest BCUT2D eigenvalue weighted by Crippen LogP contribution is -1.97. The average Bonchev–Trinajstić information content (AvgIpc) is 3.07. The summed E-state index contributed by atoms with van der Waals surface area (Å²) < 4.78 is 5.86. The van der Waals surface area contributed by atoms with Crippen LogP contribution in [0.3, 0.4) is 0 Å². The van der Waals surface area contributed by atoms with E-state index in [2.05, 4.69) is 68.5 Å². The van der Waals surface area contributed by atoms with Crippen molar-refractivity contribution in [1.29, 1.82) is 0 Å². The number of thiocarbonyl (C=S) groups is 1. The van der Waals surface area contributed by atoms with Crippen molar-refractivity contribution in [3.05, 3.63) is 71.3 Å². The van der Waals surface area contributed by atoms with Crippen molar-refractivity contribution in [1.82, 2.24) is 0 Å². The Balaban J connectivity index is 1.42. The van der Waals surface area contributed by atoms with Gasteiger partial charge in [-0.15, -0.1) is 0 Å². The van der Waals surface area contributed by atoms with Crippen LogP contribution in [0, 0.1) is 0 Å². The van der Waals surface area contributed by atoms with Crippen LogP contribution in [-0.2, 0) is 6.42 Å². The Morgan fingerprint density at radius 2 is 0.933 bits per heavy atom. The van der Waals surface area contributed by atoms with E-state index in [1.54, 1.807) is 0 Å². The van der Waals surface area contributed by atoms with E-state index < -0.39 is 0 Å². The molecule has 2 aromatic carbocycles. The lowest BCUT2D eigenvalue weighted by atomic mass is 10.0. The molecule has 0 saturated heterocycles. The molecule has 45 heavy (non-hydrogen) atoms. The lowest BCUT2D eigenvalue weighted by Gasteiger charge is -2.06. The van der Waals surface area contributed by atoms with Crippen LogP contribution in [0.25, 0.3) is 6.08 Å². The van der Waals surface area contributed by atoms with Gasteiger partial charge in [-0.3, -0.25) is 0 Å². The summed E-state index contributed by atoms with van der Waals surface area (Å²) in [6, 6.07) is 17.2. The van der Waals surface area contributed by atoms with Gasteiger partial charge in [-0.25, -0.2) is 0 Å². The molecule has 0 saturated carbocycles. The first-order valence-corrected chi connectivity index (χ1v) is 19.7. The third-order valence-electron chi connectivity index (χ3n) is 9.13. The second-order valence-corrected chi connectivity index (χ2v) is 13.8. The molecule has 0 atom stereocenters. The summed E-state index contributed by atoms with van der Waals surface area (Å²) in [6.07, 6.45) is 38.9. The van der Waals surface area contributed by atoms with Crippen molar-refractivity contribution in [3.8, 4) is 5.75 Å². The molecule has 0 aromatic heterocycles. The Hall–Kier alpha value is -1.93. The highest BCUT2D eigenvalue weighted by Gasteiger charge is 2.01. The molecule has 0 radical (unpaired) electrons. The van der Waals surface area contributed by atoms with Crippen LogP contribution >= 0.6 is 12.2 Å². The van der Waals surface area contributed by atoms with Gasteiger partial charge < -0.3 is 4.74 Å². The summed E-state index contributed by atoms with van der Waals surface area (Å²) in [6.45, 7) is 5.34. The smallest absolute Gasteiger partial charge is 0.119 e. The summed E-state index contributed by atoms with van der Waals surface area (Å²) >= 11 is 5.69. The van der Waals surface area contributed by atoms with Gasteiger partial charge in [0.15, 0.2) is 0 Å². The van der Waals surface area contributed by atoms with E-state index in [0.29, 0.717) is 0 Å². The molecule has 0 N–H and O–H groups in total. The van der Waals surface area contributed by atoms with E-state index in [1.807, 2.05) is 6.08 Å². The summed E-state index contributed by atoms with van der Waals surface area (Å²) in [5.41, 5.74) is 3.70. The number of hydrogen-bond acceptors (Lipinski definition) is 2. The molecule has 0 heterocycles. The molecule has 0 amide bonds. The van der Waals surface area contributed by atoms with Gasteiger partial charge in [-0.1, -0.05) is 210 Å². The van der Waals surface area contributed by atoms with Crippen molar-refractivity contribution < 1.29 is 4.74 Å². The van der Waals surface area contributed by atoms with E-state index in [4.69, 9.17) is 17.0 Å². The standard InChI is InChI=1S/C43H68OS/c1-3-5-7-9-10-11-12-13-14-15-16-17-18-19-20-21-22-23-24-25-27-39-28-33-41(34-29-39)43(45)37-32-40-30-35-42(36-31-40)44-38-26-8-6-4-2/h28-37H,3-27,38H2,1-2H3. The molecular weight excluding hydrogens is 565 g/mol. The average molecular weight is 633 g/mol. The normalized spacial score (nSPS) is 11.4. The van der Waals surface area contributed by atoms with Crippen LogP contribution in [0.5, 0.6) is 5.75 Å². The molecule has 0 bridgehead atoms. The minimum absolute atomic E-state index is 0.800. The molecule has 0 aliphatic rings. The monoisotopic (exact) mass is 632 g/mol. The summed E-state index contributed by atoms with van der Waals surface area (Å²) in [4.78, 5) is 0.886. The lowest BCUT2D eigenvalue weighted by molar-refractivity contribution is 0.305. The van der Waals surface area contributed by atoms with E-state index >= 15 is 0 Å². The fourth-order valence-electron chi connectivity index (χ4n) is 6.08. The van der Waals surface area contributed by atoms with Crippen LogP contribution in [-0.4, -0.2) is 11.5 Å². The third kappa shape index (κ3) is 21.5. The number of ether oxygens (including phenoxy) is 1. The van der Waals surface area contributed by atoms with Crippen molar-refractivity contribution in [2.45, 2.75) is 174 Å². The maximum Gasteiger partial charge on any atom is 0.119 e. The number of aryl methyl sites for hydroxylation is 1. The van der Waals surface area contributed by atoms with Gasteiger partial charge in [0.05, 0.1) is 6.61 Å². The number of rotatable bonds is 30. The van der Waals surface area contributed by atoms with Crippen molar-refractivity contribution in [2.24, 2.45) is 0 Å². The second kappa shape index (κ2) is 28.3. The maximum absolute atomic E-state index is 5.86. The van der Waals surface area contributed by atoms with Crippen molar-refractivity contribution in [2.75, 3.05) is 6.61 Å². The first kappa shape index (κ1) is 39.2. The zero-order valence-corrected chi connectivity index (χ0v) is 30.3. The molecule has 0 unspecified atom stereocenters. The highest BCUT2D eigenvalue weighted by atomic mass is 32.1. The second-order valence-electron chi connectivity index (χ2n) is 13.3. The largest absolute Gasteiger partial charge is 0.494 e. The van der Waals surface area contributed by atoms with Gasteiger partial charge in [0.1, 0.15) is 5.75 Å². The predicted molar refractivity (Wildman–Crippen MR) is 205 cm³/mol. The number of allylic oxidation sites excluding steroid dienone is 1. The molecule has 0 aliphatic heterocycles. The van der Waals surface area contributed by atoms with Gasteiger partial charge >= 0.3 is 0 Å². The van der Waals surface area contributed by atoms with E-state index in [1.165, 1.54) is 160 Å². The van der Waals surface area contributed by atoms with Gasteiger partial charge in [0, 0.05) is 4.86 Å². The Bertz CT molecular complexity index is 974. The maximum atomic E-state index is 5.86. The summed E-state index contributed by atoms with van der Waals surface area (Å²) in [5, 5.41) is 0. The van der Waals surface area contributed by atoms with Gasteiger partial charge in [0.25, 0.3) is 0 Å². The first-order valence-electron chi connectivity index (χ1n) is 19.3. The fraction of sp³-hybridized carbons (Fsp3) is 0.651. The van der Waals surface area contributed by atoms with Crippen molar-refractivity contribution >= 4 is 23.2 Å². The van der Waals surface area contributed by atoms with Gasteiger partial charge in [0.2, 0.25) is 0 Å². The quantitative estimate of drug-likeness (QED) is 0.0367. The molecule has 2 heteroatoms. The van der Waals surface area contributed by atoms with Gasteiger partial charge in [-0.2, -0.15) is 0 Å². The Labute approximate surface area is 285 Å². The topological polar surface area (TPSA) is 9.23 Å². The molecule has 2 rings (SSSR count). The molecular formula is C43H68OS. The van der Waals surface area contributed by atoms with E-state index in [9.17, 15) is 0 Å². The number of benzene rings is 2. The Kier molecular flexibility index (Phi) is 24.7. The Morgan fingerprint density at radius 3 is 1.40 bits per heavy atom. The van der Waals surface area contributed by atoms with Crippen LogP contribution in [0.1, 0.15) is 185 Å². The zero-order valence-electron chi connectivity index (χ0n) is 29.5. The highest BCUT2D eigenvalue weighted by Crippen LogP contribution is 2.17. The minimum Gasteiger partial charge on any atom is -0.494 e. The number of hydrogen-bond donors (Lipinski definition) is 0. The Morgan fingerprint density at radius 1 is 0.511 bits per heavy atom. The predicted octanol–water partition coefficient (Wildman–Crippen LogP) is 14.4. The fourth-order valence-corrected chi connectivity index (χ4v) is 6.29. The van der Waals surface area contributed by atoms with E-state index in [-0.39, 0.29) is 0 Å².